The summed E-state index contributed by atoms with van der Waals surface area (Å²) in [5.74, 6) is -0.0103. The number of Topliss-reactive ketones (excluding diaryl/α,β-unsaturated/α-hetero) is 1. The van der Waals surface area contributed by atoms with Crippen LogP contribution >= 0.6 is 34.5 Å². The average molecular weight is 473 g/mol. The molecule has 30 heavy (non-hydrogen) atoms. The molecule has 1 aromatic heterocycles. The maximum Gasteiger partial charge on any atom is 0.408 e. The number of hydrogen-bond acceptors (Lipinski definition) is 5. The summed E-state index contributed by atoms with van der Waals surface area (Å²) in [6, 6.07) is 8.35. The van der Waals surface area contributed by atoms with Crippen LogP contribution in [0.2, 0.25) is 0 Å². The zero-order valence-corrected chi connectivity index (χ0v) is 20.3. The van der Waals surface area contributed by atoms with Crippen molar-refractivity contribution in [3.63, 3.8) is 0 Å². The zero-order valence-electron chi connectivity index (χ0n) is 18.0. The molecule has 0 spiro atoms. The van der Waals surface area contributed by atoms with Gasteiger partial charge in [-0.15, -0.1) is 34.5 Å². The van der Waals surface area contributed by atoms with E-state index < -0.39 is 11.7 Å². The van der Waals surface area contributed by atoms with Gasteiger partial charge in [-0.3, -0.25) is 4.79 Å². The molecule has 0 aliphatic rings. The van der Waals surface area contributed by atoms with Gasteiger partial charge in [-0.25, -0.2) is 9.78 Å². The van der Waals surface area contributed by atoms with Crippen LogP contribution in [0.25, 0.3) is 0 Å². The van der Waals surface area contributed by atoms with E-state index in [9.17, 15) is 9.59 Å². The highest BCUT2D eigenvalue weighted by atomic mass is 35.5. The molecule has 0 radical (unpaired) electrons. The molecule has 0 unspecified atom stereocenters. The molecule has 2 aromatic rings. The van der Waals surface area contributed by atoms with Crippen molar-refractivity contribution in [2.24, 2.45) is 0 Å². The highest BCUT2D eigenvalue weighted by molar-refractivity contribution is 7.09. The van der Waals surface area contributed by atoms with Gasteiger partial charge < -0.3 is 10.1 Å². The third kappa shape index (κ3) is 12.2. The first-order valence-corrected chi connectivity index (χ1v) is 11.7. The minimum Gasteiger partial charge on any atom is -0.444 e. The van der Waals surface area contributed by atoms with Gasteiger partial charge >= 0.3 is 6.09 Å². The van der Waals surface area contributed by atoms with E-state index in [4.69, 9.17) is 27.9 Å². The Morgan fingerprint density at radius 1 is 1.07 bits per heavy atom. The molecular weight excluding hydrogens is 443 g/mol. The molecule has 0 fully saturated rings. The third-order valence-corrected chi connectivity index (χ3v) is 4.70. The number of rotatable bonds is 8. The summed E-state index contributed by atoms with van der Waals surface area (Å²) in [6.45, 7) is 7.38. The molecule has 5 nitrogen and oxygen atoms in total. The quantitative estimate of drug-likeness (QED) is 0.501. The van der Waals surface area contributed by atoms with Crippen LogP contribution in [0.4, 0.5) is 4.79 Å². The second-order valence-electron chi connectivity index (χ2n) is 7.67. The van der Waals surface area contributed by atoms with Gasteiger partial charge in [0.1, 0.15) is 5.60 Å². The number of hydrogen-bond donors (Lipinski definition) is 1. The molecule has 0 saturated heterocycles. The first kappa shape index (κ1) is 26.4. The second-order valence-corrected chi connectivity index (χ2v) is 9.54. The number of alkyl halides is 2. The predicted octanol–water partition coefficient (Wildman–Crippen LogP) is 5.68. The highest BCUT2D eigenvalue weighted by Crippen LogP contribution is 2.13. The summed E-state index contributed by atoms with van der Waals surface area (Å²) < 4.78 is 5.11. The average Bonchev–Trinajstić information content (AvgIpc) is 3.08. The van der Waals surface area contributed by atoms with E-state index in [0.29, 0.717) is 12.8 Å². The van der Waals surface area contributed by atoms with Crippen molar-refractivity contribution in [1.82, 2.24) is 10.3 Å². The largest absolute Gasteiger partial charge is 0.444 e. The Labute approximate surface area is 193 Å². The molecule has 1 aromatic carbocycles. The lowest BCUT2D eigenvalue weighted by atomic mass is 10.0. The molecule has 0 aliphatic carbocycles. The predicted molar refractivity (Wildman–Crippen MR) is 125 cm³/mol. The Morgan fingerprint density at radius 2 is 1.63 bits per heavy atom. The maximum atomic E-state index is 11.9. The van der Waals surface area contributed by atoms with Crippen LogP contribution in [0.1, 0.15) is 49.0 Å². The number of aryl methyl sites for hydroxylation is 4. The van der Waals surface area contributed by atoms with Gasteiger partial charge in [0.05, 0.1) is 22.6 Å². The number of aromatic nitrogens is 1. The van der Waals surface area contributed by atoms with Gasteiger partial charge in [0.2, 0.25) is 0 Å². The monoisotopic (exact) mass is 472 g/mol. The number of benzene rings is 1. The third-order valence-electron chi connectivity index (χ3n) is 3.88. The van der Waals surface area contributed by atoms with Crippen molar-refractivity contribution in [1.29, 1.82) is 0 Å². The van der Waals surface area contributed by atoms with E-state index in [1.807, 2.05) is 6.92 Å². The van der Waals surface area contributed by atoms with Crippen LogP contribution in [0, 0.1) is 6.92 Å². The van der Waals surface area contributed by atoms with Gasteiger partial charge in [0.25, 0.3) is 0 Å². The van der Waals surface area contributed by atoms with Crippen molar-refractivity contribution in [3.05, 3.63) is 51.5 Å². The van der Waals surface area contributed by atoms with Crippen molar-refractivity contribution < 1.29 is 14.3 Å². The lowest BCUT2D eigenvalue weighted by molar-refractivity contribution is -0.118. The number of carbonyl (C=O) groups is 2. The first-order chi connectivity index (χ1) is 14.1. The fourth-order valence-electron chi connectivity index (χ4n) is 2.53. The van der Waals surface area contributed by atoms with Gasteiger partial charge in [-0.2, -0.15) is 0 Å². The van der Waals surface area contributed by atoms with Crippen molar-refractivity contribution >= 4 is 46.4 Å². The molecule has 166 valence electrons. The number of nitrogens with zero attached hydrogens (tertiary/aromatic N) is 1. The van der Waals surface area contributed by atoms with Crippen LogP contribution < -0.4 is 5.32 Å². The van der Waals surface area contributed by atoms with Crippen molar-refractivity contribution in [2.45, 2.75) is 59.0 Å². The van der Waals surface area contributed by atoms with Crippen LogP contribution in [0.3, 0.4) is 0 Å². The van der Waals surface area contributed by atoms with Crippen molar-refractivity contribution in [2.75, 3.05) is 11.9 Å². The normalized spacial score (nSPS) is 10.7. The Balaban J connectivity index is 0.00000141. The number of ketones is 1. The summed E-state index contributed by atoms with van der Waals surface area (Å²) >= 11 is 11.2. The molecule has 1 amide bonds. The minimum absolute atomic E-state index is 0.0000544. The van der Waals surface area contributed by atoms with E-state index in [-0.39, 0.29) is 17.7 Å². The fraction of sp³-hybridized carbons (Fsp3) is 0.500. The summed E-state index contributed by atoms with van der Waals surface area (Å²) in [7, 11) is 0. The fourth-order valence-corrected chi connectivity index (χ4v) is 3.17. The molecule has 1 N–H and O–H groups in total. The Kier molecular flexibility index (Phi) is 12.0. The van der Waals surface area contributed by atoms with E-state index in [2.05, 4.69) is 39.9 Å². The Bertz CT molecular complexity index is 786. The maximum absolute atomic E-state index is 11.9. The molecular formula is C22H30Cl2N2O3S. The number of amides is 1. The molecule has 0 saturated carbocycles. The zero-order chi connectivity index (χ0) is 22.6. The molecule has 8 heteroatoms. The first-order valence-electron chi connectivity index (χ1n) is 9.72. The van der Waals surface area contributed by atoms with Gasteiger partial charge in [-0.1, -0.05) is 24.3 Å². The van der Waals surface area contributed by atoms with Crippen molar-refractivity contribution in [3.8, 4) is 0 Å². The van der Waals surface area contributed by atoms with E-state index in [1.165, 1.54) is 5.56 Å². The topological polar surface area (TPSA) is 68.3 Å². The Morgan fingerprint density at radius 3 is 2.13 bits per heavy atom. The minimum atomic E-state index is -0.562. The molecule has 0 aliphatic heterocycles. The summed E-state index contributed by atoms with van der Waals surface area (Å²) in [6.07, 6.45) is 2.41. The number of alkyl carbamates (subject to hydrolysis) is 1. The van der Waals surface area contributed by atoms with E-state index in [1.54, 1.807) is 32.1 Å². The SMILES string of the molecule is Cc1nc(CCc2ccc(CCC(=O)CNC(=O)OC(C)(C)C)cc2)cs1.ClCCl. The standard InChI is InChI=1S/C21H28N2O3S.CH2Cl2/c1-15-23-18(14-27-15)11-9-16-5-7-17(8-6-16)10-12-19(24)13-22-20(25)26-21(2,3)4;2-1-3/h5-8,14H,9-13H2,1-4H3,(H,22,25);1H2. The number of nitrogens with one attached hydrogen (secondary N) is 1. The van der Waals surface area contributed by atoms with Crippen LogP contribution in [0.15, 0.2) is 29.6 Å². The molecule has 1 heterocycles. The van der Waals surface area contributed by atoms with E-state index >= 15 is 0 Å². The molecule has 2 rings (SSSR count). The number of carbonyl (C=O) groups excluding carboxylic acids is 2. The number of thiazole rings is 1. The van der Waals surface area contributed by atoms with Crippen LogP contribution in [0.5, 0.6) is 0 Å². The van der Waals surface area contributed by atoms with Gasteiger partial charge in [0.15, 0.2) is 5.78 Å². The second kappa shape index (κ2) is 13.6. The lowest BCUT2D eigenvalue weighted by Crippen LogP contribution is -2.35. The molecule has 0 bridgehead atoms. The van der Waals surface area contributed by atoms with E-state index in [0.717, 1.165) is 29.1 Å². The van der Waals surface area contributed by atoms with Gasteiger partial charge in [-0.05, 0) is 58.1 Å². The van der Waals surface area contributed by atoms with Crippen LogP contribution in [-0.2, 0) is 28.8 Å². The Hall–Kier alpha value is -1.63. The highest BCUT2D eigenvalue weighted by Gasteiger charge is 2.16. The van der Waals surface area contributed by atoms with Gasteiger partial charge in [0, 0.05) is 11.8 Å². The van der Waals surface area contributed by atoms with Crippen LogP contribution in [-0.4, -0.2) is 34.3 Å². The summed E-state index contributed by atoms with van der Waals surface area (Å²) in [4.78, 5) is 28.0. The number of ether oxygens (including phenoxy) is 1. The summed E-state index contributed by atoms with van der Waals surface area (Å²) in [5.41, 5.74) is 2.97. The lowest BCUT2D eigenvalue weighted by Gasteiger charge is -2.19. The smallest absolute Gasteiger partial charge is 0.408 e. The summed E-state index contributed by atoms with van der Waals surface area (Å²) in [5, 5.41) is 5.91. The molecule has 0 atom stereocenters. The number of halogens is 2.